The van der Waals surface area contributed by atoms with Crippen molar-refractivity contribution in [1.29, 1.82) is 0 Å². The zero-order valence-electron chi connectivity index (χ0n) is 18.9. The number of aliphatic hydroxyl groups is 1. The standard InChI is InChI=1S/C17H20N4O3/c1-10(22)24-8-13-20-14-15(21(13)9-17(2,3)23)11-6-4-5-7-12(11)19-16(14)18/h4-7,23H,8-9H2,1-3H3,(H2,18,19)/i2D3,3D3. The fourth-order valence-corrected chi connectivity index (χ4v) is 2.58. The van der Waals surface area contributed by atoms with E-state index in [1.165, 1.54) is 11.5 Å². The average Bonchev–Trinajstić information content (AvgIpc) is 2.97. The van der Waals surface area contributed by atoms with Gasteiger partial charge in [-0.1, -0.05) is 18.2 Å². The topological polar surface area (TPSA) is 103 Å². The van der Waals surface area contributed by atoms with Crippen LogP contribution in [-0.4, -0.2) is 31.2 Å². The zero-order valence-corrected chi connectivity index (χ0v) is 12.9. The van der Waals surface area contributed by atoms with Gasteiger partial charge in [0, 0.05) is 20.5 Å². The number of nitrogens with zero attached hydrogens (tertiary/aromatic N) is 3. The Morgan fingerprint density at radius 2 is 2.17 bits per heavy atom. The van der Waals surface area contributed by atoms with Crippen LogP contribution in [0.3, 0.4) is 0 Å². The predicted octanol–water partition coefficient (Wildman–Crippen LogP) is 2.00. The summed E-state index contributed by atoms with van der Waals surface area (Å²) in [6, 6.07) is 6.79. The second-order valence-corrected chi connectivity index (χ2v) is 5.47. The second kappa shape index (κ2) is 5.76. The van der Waals surface area contributed by atoms with Crippen LogP contribution in [0.2, 0.25) is 0 Å². The average molecular weight is 334 g/mol. The molecule has 0 aliphatic carbocycles. The third-order valence-electron chi connectivity index (χ3n) is 3.48. The molecule has 7 nitrogen and oxygen atoms in total. The van der Waals surface area contributed by atoms with Gasteiger partial charge >= 0.3 is 5.97 Å². The molecule has 0 saturated carbocycles. The Labute approximate surface area is 147 Å². The first-order valence-corrected chi connectivity index (χ1v) is 7.15. The molecule has 0 fully saturated rings. The van der Waals surface area contributed by atoms with Crippen molar-refractivity contribution in [2.45, 2.75) is 39.4 Å². The van der Waals surface area contributed by atoms with Crippen molar-refractivity contribution in [3.05, 3.63) is 30.1 Å². The molecule has 3 aromatic rings. The summed E-state index contributed by atoms with van der Waals surface area (Å²) in [6.45, 7) is -6.56. The molecule has 7 heteroatoms. The molecule has 2 aromatic heterocycles. The highest BCUT2D eigenvalue weighted by atomic mass is 16.5. The molecule has 1 aromatic carbocycles. The van der Waals surface area contributed by atoms with Crippen LogP contribution in [0.25, 0.3) is 21.9 Å². The molecular weight excluding hydrogens is 308 g/mol. The quantitative estimate of drug-likeness (QED) is 0.707. The summed E-state index contributed by atoms with van der Waals surface area (Å²) in [4.78, 5) is 19.9. The summed E-state index contributed by atoms with van der Waals surface area (Å²) in [7, 11) is 0. The number of para-hydroxylation sites is 1. The number of nitrogen functional groups attached to an aromatic ring is 1. The Kier molecular flexibility index (Phi) is 2.46. The van der Waals surface area contributed by atoms with E-state index in [1.54, 1.807) is 24.3 Å². The van der Waals surface area contributed by atoms with Gasteiger partial charge in [0.25, 0.3) is 0 Å². The lowest BCUT2D eigenvalue weighted by Gasteiger charge is -2.20. The van der Waals surface area contributed by atoms with Crippen molar-refractivity contribution in [1.82, 2.24) is 14.5 Å². The minimum absolute atomic E-state index is 0.0250. The summed E-state index contributed by atoms with van der Waals surface area (Å²) in [5.41, 5.74) is 3.84. The van der Waals surface area contributed by atoms with Crippen molar-refractivity contribution >= 4 is 33.7 Å². The van der Waals surface area contributed by atoms with E-state index < -0.39 is 31.8 Å². The fraction of sp³-hybridized carbons (Fsp3) is 0.353. The molecule has 0 aliphatic rings. The summed E-state index contributed by atoms with van der Waals surface area (Å²) in [5.74, 6) is -0.568. The molecule has 126 valence electrons. The molecule has 0 amide bonds. The minimum Gasteiger partial charge on any atom is -0.458 e. The van der Waals surface area contributed by atoms with Gasteiger partial charge < -0.3 is 20.1 Å². The summed E-state index contributed by atoms with van der Waals surface area (Å²) < 4.78 is 52.2. The number of hydrogen-bond donors (Lipinski definition) is 2. The summed E-state index contributed by atoms with van der Waals surface area (Å²) in [5, 5.41) is 11.3. The molecule has 0 saturated heterocycles. The third kappa shape index (κ3) is 3.03. The normalized spacial score (nSPS) is 16.8. The van der Waals surface area contributed by atoms with Gasteiger partial charge in [-0.3, -0.25) is 4.79 Å². The number of esters is 1. The number of fused-ring (bicyclic) bond motifs is 3. The van der Waals surface area contributed by atoms with Crippen LogP contribution in [-0.2, 0) is 22.7 Å². The fourth-order valence-electron chi connectivity index (χ4n) is 2.58. The summed E-state index contributed by atoms with van der Waals surface area (Å²) >= 11 is 0. The van der Waals surface area contributed by atoms with Gasteiger partial charge in [0.1, 0.15) is 17.9 Å². The maximum atomic E-state index is 11.3. The number of anilines is 1. The number of ether oxygens (including phenoxy) is 1. The molecule has 0 atom stereocenters. The van der Waals surface area contributed by atoms with E-state index in [4.69, 9.17) is 18.7 Å². The lowest BCUT2D eigenvalue weighted by molar-refractivity contribution is -0.142. The Hall–Kier alpha value is -2.67. The maximum absolute atomic E-state index is 11.3. The smallest absolute Gasteiger partial charge is 0.303 e. The van der Waals surface area contributed by atoms with Gasteiger partial charge in [-0.05, 0) is 19.8 Å². The molecule has 2 heterocycles. The first-order valence-electron chi connectivity index (χ1n) is 10.2. The van der Waals surface area contributed by atoms with Gasteiger partial charge in [0.05, 0.1) is 23.2 Å². The number of carbonyl (C=O) groups excluding carboxylic acids is 1. The number of nitrogens with two attached hydrogens (primary N) is 1. The summed E-state index contributed by atoms with van der Waals surface area (Å²) in [6.07, 6.45) is 0. The molecule has 3 N–H and O–H groups in total. The highest BCUT2D eigenvalue weighted by Crippen LogP contribution is 2.30. The van der Waals surface area contributed by atoms with Gasteiger partial charge in [-0.2, -0.15) is 0 Å². The number of imidazole rings is 1. The van der Waals surface area contributed by atoms with E-state index in [0.29, 0.717) is 10.9 Å². The SMILES string of the molecule is [2H]C([2H])([2H])C(O)(Cn1c(COC(C)=O)nc2c(N)nc3ccccc3c21)C([2H])([2H])[2H]. The Balaban J connectivity index is 2.34. The molecule has 0 spiro atoms. The van der Waals surface area contributed by atoms with Crippen molar-refractivity contribution in [2.75, 3.05) is 5.73 Å². The Morgan fingerprint density at radius 1 is 1.42 bits per heavy atom. The van der Waals surface area contributed by atoms with E-state index in [1.807, 2.05) is 0 Å². The predicted molar refractivity (Wildman–Crippen MR) is 91.2 cm³/mol. The lowest BCUT2D eigenvalue weighted by Crippen LogP contribution is -2.27. The van der Waals surface area contributed by atoms with Crippen LogP contribution in [0.1, 0.15) is 34.7 Å². The first kappa shape index (κ1) is 10.2. The van der Waals surface area contributed by atoms with E-state index in [9.17, 15) is 9.90 Å². The van der Waals surface area contributed by atoms with E-state index in [2.05, 4.69) is 9.97 Å². The molecule has 0 aliphatic heterocycles. The first-order chi connectivity index (χ1) is 13.8. The van der Waals surface area contributed by atoms with Crippen LogP contribution in [0.4, 0.5) is 5.82 Å². The number of hydrogen-bond acceptors (Lipinski definition) is 6. The second-order valence-electron chi connectivity index (χ2n) is 5.47. The van der Waals surface area contributed by atoms with Gasteiger partial charge in [0.2, 0.25) is 0 Å². The van der Waals surface area contributed by atoms with Crippen molar-refractivity contribution in [2.24, 2.45) is 0 Å². The van der Waals surface area contributed by atoms with Gasteiger partial charge in [0.15, 0.2) is 5.82 Å². The van der Waals surface area contributed by atoms with Crippen LogP contribution < -0.4 is 5.73 Å². The van der Waals surface area contributed by atoms with Crippen molar-refractivity contribution in [3.8, 4) is 0 Å². The zero-order chi connectivity index (χ0) is 22.5. The third-order valence-corrected chi connectivity index (χ3v) is 3.48. The number of rotatable bonds is 4. The number of carbonyl (C=O) groups is 1. The van der Waals surface area contributed by atoms with Gasteiger partial charge in [-0.25, -0.2) is 9.97 Å². The molecular formula is C17H20N4O3. The monoisotopic (exact) mass is 334 g/mol. The highest BCUT2D eigenvalue weighted by molar-refractivity contribution is 6.06. The van der Waals surface area contributed by atoms with Crippen LogP contribution in [0, 0.1) is 0 Å². The highest BCUT2D eigenvalue weighted by Gasteiger charge is 2.22. The van der Waals surface area contributed by atoms with E-state index in [-0.39, 0.29) is 29.3 Å². The lowest BCUT2D eigenvalue weighted by atomic mass is 10.1. The minimum atomic E-state index is -3.25. The number of aromatic nitrogens is 3. The molecule has 0 unspecified atom stereocenters. The van der Waals surface area contributed by atoms with Crippen LogP contribution >= 0.6 is 0 Å². The van der Waals surface area contributed by atoms with Crippen LogP contribution in [0.5, 0.6) is 0 Å². The Morgan fingerprint density at radius 3 is 2.88 bits per heavy atom. The van der Waals surface area contributed by atoms with Gasteiger partial charge in [-0.15, -0.1) is 0 Å². The molecule has 0 bridgehead atoms. The molecule has 3 rings (SSSR count). The van der Waals surface area contributed by atoms with Crippen molar-refractivity contribution in [3.63, 3.8) is 0 Å². The Bertz CT molecular complexity index is 1110. The maximum Gasteiger partial charge on any atom is 0.303 e. The molecule has 0 radical (unpaired) electrons. The molecule has 24 heavy (non-hydrogen) atoms. The van der Waals surface area contributed by atoms with E-state index in [0.717, 1.165) is 0 Å². The van der Waals surface area contributed by atoms with E-state index >= 15 is 0 Å². The number of benzene rings is 1. The largest absolute Gasteiger partial charge is 0.458 e. The number of pyridine rings is 1. The van der Waals surface area contributed by atoms with Crippen molar-refractivity contribution < 1.29 is 22.9 Å². The van der Waals surface area contributed by atoms with Crippen LogP contribution in [0.15, 0.2) is 24.3 Å².